The van der Waals surface area contributed by atoms with Crippen LogP contribution < -0.4 is 0 Å². The Hall–Kier alpha value is -3.65. The Bertz CT molecular complexity index is 1580. The number of hydrogen-bond acceptors (Lipinski definition) is 4. The molecule has 3 heterocycles. The van der Waals surface area contributed by atoms with E-state index in [1.54, 1.807) is 0 Å². The smallest absolute Gasteiger partial charge is 0.254 e. The van der Waals surface area contributed by atoms with Gasteiger partial charge in [-0.2, -0.15) is 0 Å². The van der Waals surface area contributed by atoms with Gasteiger partial charge >= 0.3 is 0 Å². The average Bonchev–Trinajstić information content (AvgIpc) is 2.96. The lowest BCUT2D eigenvalue weighted by Gasteiger charge is -2.28. The molecular formula is C31H25IN4O. The largest absolute Gasteiger partial charge is 0.332 e. The van der Waals surface area contributed by atoms with Crippen molar-refractivity contribution in [2.75, 3.05) is 6.54 Å². The maximum absolute atomic E-state index is 13.3. The first-order chi connectivity index (χ1) is 18.1. The fourth-order valence-electron chi connectivity index (χ4n) is 4.75. The summed E-state index contributed by atoms with van der Waals surface area (Å²) in [5, 5.41) is 1.06. The zero-order valence-corrected chi connectivity index (χ0v) is 22.4. The highest BCUT2D eigenvalue weighted by Gasteiger charge is 2.23. The van der Waals surface area contributed by atoms with Crippen molar-refractivity contribution in [1.82, 2.24) is 19.9 Å². The SMILES string of the molecule is O=C(c1ccc(CCc2ccc(I)cc2)cc1)N1CCc2cnc(-c3cnc4ccccc4c3)nc2C1. The fraction of sp³-hybridized carbons (Fsp3) is 0.161. The van der Waals surface area contributed by atoms with Crippen LogP contribution in [-0.4, -0.2) is 32.3 Å². The van der Waals surface area contributed by atoms with E-state index in [2.05, 4.69) is 75.0 Å². The Labute approximate surface area is 229 Å². The molecule has 5 aromatic rings. The minimum Gasteiger partial charge on any atom is -0.332 e. The highest BCUT2D eigenvalue weighted by molar-refractivity contribution is 14.1. The number of nitrogens with zero attached hydrogens (tertiary/aromatic N) is 4. The molecule has 1 amide bonds. The average molecular weight is 596 g/mol. The molecule has 0 fully saturated rings. The summed E-state index contributed by atoms with van der Waals surface area (Å²) in [4.78, 5) is 29.2. The molecule has 0 aliphatic carbocycles. The Morgan fingerprint density at radius 3 is 2.38 bits per heavy atom. The number of carbonyl (C=O) groups excluding carboxylic acids is 1. The van der Waals surface area contributed by atoms with Crippen molar-refractivity contribution in [3.8, 4) is 11.4 Å². The van der Waals surface area contributed by atoms with Crippen LogP contribution >= 0.6 is 22.6 Å². The second-order valence-corrected chi connectivity index (χ2v) is 10.6. The molecule has 182 valence electrons. The van der Waals surface area contributed by atoms with E-state index in [9.17, 15) is 4.79 Å². The number of rotatable bonds is 5. The molecule has 6 rings (SSSR count). The summed E-state index contributed by atoms with van der Waals surface area (Å²) in [5.74, 6) is 0.686. The van der Waals surface area contributed by atoms with Crippen molar-refractivity contribution in [2.24, 2.45) is 0 Å². The Morgan fingerprint density at radius 2 is 1.59 bits per heavy atom. The second-order valence-electron chi connectivity index (χ2n) is 9.38. The van der Waals surface area contributed by atoms with Crippen molar-refractivity contribution >= 4 is 39.4 Å². The minimum atomic E-state index is 0.0439. The molecule has 6 heteroatoms. The van der Waals surface area contributed by atoms with Gasteiger partial charge in [0.05, 0.1) is 17.8 Å². The third-order valence-electron chi connectivity index (χ3n) is 6.90. The van der Waals surface area contributed by atoms with Crippen molar-refractivity contribution in [3.63, 3.8) is 0 Å². The lowest BCUT2D eigenvalue weighted by molar-refractivity contribution is 0.0731. The van der Waals surface area contributed by atoms with Crippen LogP contribution in [0.5, 0.6) is 0 Å². The Kier molecular flexibility index (Phi) is 6.66. The molecule has 0 unspecified atom stereocenters. The van der Waals surface area contributed by atoms with E-state index in [4.69, 9.17) is 4.98 Å². The molecule has 0 bridgehead atoms. The zero-order chi connectivity index (χ0) is 25.2. The van der Waals surface area contributed by atoms with E-state index in [0.717, 1.165) is 52.5 Å². The summed E-state index contributed by atoms with van der Waals surface area (Å²) < 4.78 is 1.25. The van der Waals surface area contributed by atoms with Crippen LogP contribution in [-0.2, 0) is 25.8 Å². The predicted octanol–water partition coefficient (Wildman–Crippen LogP) is 6.28. The van der Waals surface area contributed by atoms with Crippen molar-refractivity contribution in [1.29, 1.82) is 0 Å². The normalized spacial score (nSPS) is 12.9. The lowest BCUT2D eigenvalue weighted by Crippen LogP contribution is -2.36. The number of hydrogen-bond donors (Lipinski definition) is 0. The number of carbonyl (C=O) groups is 1. The molecule has 5 nitrogen and oxygen atoms in total. The van der Waals surface area contributed by atoms with Crippen molar-refractivity contribution < 1.29 is 4.79 Å². The van der Waals surface area contributed by atoms with E-state index in [0.29, 0.717) is 18.9 Å². The van der Waals surface area contributed by atoms with Crippen molar-refractivity contribution in [2.45, 2.75) is 25.8 Å². The molecule has 2 aromatic heterocycles. The standard InChI is InChI=1S/C31H25IN4O/c32-27-13-9-22(10-14-27)6-5-21-7-11-23(12-8-21)31(37)36-16-15-25-18-34-30(35-29(25)20-36)26-17-24-3-1-2-4-28(24)33-19-26/h1-4,7-14,17-19H,5-6,15-16,20H2. The fourth-order valence-corrected chi connectivity index (χ4v) is 5.10. The molecule has 0 N–H and O–H groups in total. The number of amides is 1. The first-order valence-electron chi connectivity index (χ1n) is 12.4. The summed E-state index contributed by atoms with van der Waals surface area (Å²) >= 11 is 2.33. The number of halogens is 1. The monoisotopic (exact) mass is 596 g/mol. The summed E-state index contributed by atoms with van der Waals surface area (Å²) in [5.41, 5.74) is 7.12. The van der Waals surface area contributed by atoms with Gasteiger partial charge < -0.3 is 4.90 Å². The van der Waals surface area contributed by atoms with Gasteiger partial charge in [-0.05, 0) is 94.9 Å². The minimum absolute atomic E-state index is 0.0439. The molecular weight excluding hydrogens is 571 g/mol. The number of benzene rings is 3. The van der Waals surface area contributed by atoms with Crippen LogP contribution in [0.2, 0.25) is 0 Å². The summed E-state index contributed by atoms with van der Waals surface area (Å²) in [6.45, 7) is 1.15. The van der Waals surface area contributed by atoms with E-state index >= 15 is 0 Å². The number of pyridine rings is 1. The van der Waals surface area contributed by atoms with E-state index in [-0.39, 0.29) is 5.91 Å². The topological polar surface area (TPSA) is 59.0 Å². The number of para-hydroxylation sites is 1. The van der Waals surface area contributed by atoms with Gasteiger partial charge in [0.25, 0.3) is 5.91 Å². The van der Waals surface area contributed by atoms with E-state index in [1.807, 2.05) is 53.7 Å². The van der Waals surface area contributed by atoms with Gasteiger partial charge in [-0.25, -0.2) is 9.97 Å². The molecule has 0 saturated heterocycles. The summed E-state index contributed by atoms with van der Waals surface area (Å²) in [6, 6.07) is 26.8. The highest BCUT2D eigenvalue weighted by atomic mass is 127. The molecule has 0 spiro atoms. The van der Waals surface area contributed by atoms with Crippen LogP contribution in [0.3, 0.4) is 0 Å². The van der Waals surface area contributed by atoms with Crippen LogP contribution in [0.15, 0.2) is 91.3 Å². The van der Waals surface area contributed by atoms with Gasteiger partial charge in [0.2, 0.25) is 0 Å². The molecule has 1 aliphatic heterocycles. The van der Waals surface area contributed by atoms with Gasteiger partial charge in [0.1, 0.15) is 0 Å². The molecule has 0 atom stereocenters. The number of fused-ring (bicyclic) bond motifs is 2. The lowest BCUT2D eigenvalue weighted by atomic mass is 10.0. The predicted molar refractivity (Wildman–Crippen MR) is 154 cm³/mol. The first-order valence-corrected chi connectivity index (χ1v) is 13.5. The van der Waals surface area contributed by atoms with E-state index < -0.39 is 0 Å². The first kappa shape index (κ1) is 23.7. The number of aryl methyl sites for hydroxylation is 2. The molecule has 0 saturated carbocycles. The van der Waals surface area contributed by atoms with Crippen LogP contribution in [0.1, 0.15) is 32.7 Å². The van der Waals surface area contributed by atoms with Gasteiger partial charge in [0, 0.05) is 39.0 Å². The van der Waals surface area contributed by atoms with Gasteiger partial charge in [-0.1, -0.05) is 42.5 Å². The van der Waals surface area contributed by atoms with Crippen LogP contribution in [0.4, 0.5) is 0 Å². The van der Waals surface area contributed by atoms with Gasteiger partial charge in [-0.15, -0.1) is 0 Å². The van der Waals surface area contributed by atoms with Crippen LogP contribution in [0, 0.1) is 3.57 Å². The quantitative estimate of drug-likeness (QED) is 0.224. The third-order valence-corrected chi connectivity index (χ3v) is 7.62. The van der Waals surface area contributed by atoms with Crippen LogP contribution in [0.25, 0.3) is 22.3 Å². The number of aromatic nitrogens is 3. The third kappa shape index (κ3) is 5.25. The molecule has 0 radical (unpaired) electrons. The van der Waals surface area contributed by atoms with Gasteiger partial charge in [-0.3, -0.25) is 9.78 Å². The highest BCUT2D eigenvalue weighted by Crippen LogP contribution is 2.24. The van der Waals surface area contributed by atoms with E-state index in [1.165, 1.54) is 14.7 Å². The Balaban J connectivity index is 1.15. The molecule has 1 aliphatic rings. The van der Waals surface area contributed by atoms with Crippen molar-refractivity contribution in [3.05, 3.63) is 123 Å². The summed E-state index contributed by atoms with van der Waals surface area (Å²) in [6.07, 6.45) is 6.41. The Morgan fingerprint density at radius 1 is 0.865 bits per heavy atom. The maximum atomic E-state index is 13.3. The maximum Gasteiger partial charge on any atom is 0.254 e. The van der Waals surface area contributed by atoms with Gasteiger partial charge in [0.15, 0.2) is 5.82 Å². The zero-order valence-electron chi connectivity index (χ0n) is 20.3. The summed E-state index contributed by atoms with van der Waals surface area (Å²) in [7, 11) is 0. The second kappa shape index (κ2) is 10.4. The molecule has 3 aromatic carbocycles. The molecule has 37 heavy (non-hydrogen) atoms.